The van der Waals surface area contributed by atoms with Crippen LogP contribution >= 0.6 is 0 Å². The summed E-state index contributed by atoms with van der Waals surface area (Å²) >= 11 is 0. The minimum Gasteiger partial charge on any atom is -0.465 e. The molecular formula is C21H28N4O6. The van der Waals surface area contributed by atoms with E-state index in [0.29, 0.717) is 25.4 Å². The number of anilines is 1. The van der Waals surface area contributed by atoms with Gasteiger partial charge in [0.25, 0.3) is 23.1 Å². The number of rotatable bonds is 6. The molecule has 1 atom stereocenters. The molecule has 1 aromatic rings. The molecule has 3 heterocycles. The Hall–Kier alpha value is -2.72. The number of carbonyl (C=O) groups excluding carboxylic acids is 2. The number of hydrogen-bond donors (Lipinski definition) is 2. The van der Waals surface area contributed by atoms with Crippen molar-refractivity contribution in [1.82, 2.24) is 10.2 Å². The molecule has 2 N–H and O–H groups in total. The lowest BCUT2D eigenvalue weighted by atomic mass is 9.79. The quantitative estimate of drug-likeness (QED) is 0.398. The summed E-state index contributed by atoms with van der Waals surface area (Å²) < 4.78 is 11.3. The summed E-state index contributed by atoms with van der Waals surface area (Å²) in [6, 6.07) is 3.89. The summed E-state index contributed by atoms with van der Waals surface area (Å²) in [6.45, 7) is 6.11. The number of amides is 2. The molecule has 0 aromatic heterocycles. The zero-order valence-corrected chi connectivity index (χ0v) is 17.6. The van der Waals surface area contributed by atoms with Crippen LogP contribution in [0.3, 0.4) is 0 Å². The summed E-state index contributed by atoms with van der Waals surface area (Å²) in [5.41, 5.74) is -1.81. The lowest BCUT2D eigenvalue weighted by Crippen LogP contribution is -2.60. The second-order valence-electron chi connectivity index (χ2n) is 8.81. The zero-order chi connectivity index (χ0) is 22.1. The highest BCUT2D eigenvalue weighted by Gasteiger charge is 2.48. The summed E-state index contributed by atoms with van der Waals surface area (Å²) in [6.07, 6.45) is 4.05. The molecule has 0 spiro atoms. The summed E-state index contributed by atoms with van der Waals surface area (Å²) in [4.78, 5) is 38.7. The number of non-ortho nitro benzene ring substituents is 1. The van der Waals surface area contributed by atoms with Crippen LogP contribution in [0, 0.1) is 15.5 Å². The molecule has 10 nitrogen and oxygen atoms in total. The highest BCUT2D eigenvalue weighted by Crippen LogP contribution is 2.37. The van der Waals surface area contributed by atoms with Crippen LogP contribution in [0.2, 0.25) is 0 Å². The number of fused-ring (bicyclic) bond motifs is 1. The number of nitrogens with one attached hydrogen (secondary N) is 2. The van der Waals surface area contributed by atoms with Crippen LogP contribution in [0.1, 0.15) is 32.6 Å². The van der Waals surface area contributed by atoms with Crippen molar-refractivity contribution in [3.8, 4) is 5.75 Å². The molecule has 2 fully saturated rings. The predicted molar refractivity (Wildman–Crippen MR) is 112 cm³/mol. The molecule has 0 bridgehead atoms. The number of benzene rings is 1. The van der Waals surface area contributed by atoms with E-state index in [1.54, 1.807) is 0 Å². The van der Waals surface area contributed by atoms with E-state index >= 15 is 0 Å². The Morgan fingerprint density at radius 2 is 2.00 bits per heavy atom. The Morgan fingerprint density at radius 1 is 1.29 bits per heavy atom. The number of hydrogen-bond acceptors (Lipinski definition) is 7. The maximum absolute atomic E-state index is 13.1. The molecule has 168 valence electrons. The van der Waals surface area contributed by atoms with Gasteiger partial charge in [0, 0.05) is 37.8 Å². The van der Waals surface area contributed by atoms with Gasteiger partial charge in [-0.05, 0) is 51.8 Å². The van der Waals surface area contributed by atoms with Crippen molar-refractivity contribution >= 4 is 23.2 Å². The maximum atomic E-state index is 13.1. The van der Waals surface area contributed by atoms with Gasteiger partial charge >= 0.3 is 0 Å². The normalized spacial score (nSPS) is 25.3. The standard InChI is InChI=1S/C21H28N4O6/c1-20(19(27)23-16-5-4-15(25(28)29)12-17(16)31-20)18(26)22-13-21(6-10-30-11-7-21)14-24-8-2-3-9-24/h4-5,12H,2-3,6-11,13-14H2,1H3,(H,22,26)(H,23,27). The van der Waals surface area contributed by atoms with E-state index in [1.807, 2.05) is 0 Å². The van der Waals surface area contributed by atoms with Crippen molar-refractivity contribution in [2.45, 2.75) is 38.2 Å². The fourth-order valence-electron chi connectivity index (χ4n) is 4.52. The second-order valence-corrected chi connectivity index (χ2v) is 8.81. The molecule has 31 heavy (non-hydrogen) atoms. The molecule has 3 aliphatic heterocycles. The fraction of sp³-hybridized carbons (Fsp3) is 0.619. The Morgan fingerprint density at radius 3 is 2.68 bits per heavy atom. The lowest BCUT2D eigenvalue weighted by molar-refractivity contribution is -0.385. The molecular weight excluding hydrogens is 404 g/mol. The Kier molecular flexibility index (Phi) is 5.85. The lowest BCUT2D eigenvalue weighted by Gasteiger charge is -2.41. The van der Waals surface area contributed by atoms with Crippen LogP contribution in [-0.4, -0.2) is 66.6 Å². The first-order valence-corrected chi connectivity index (χ1v) is 10.7. The van der Waals surface area contributed by atoms with E-state index in [2.05, 4.69) is 15.5 Å². The van der Waals surface area contributed by atoms with Gasteiger partial charge in [-0.25, -0.2) is 0 Å². The average Bonchev–Trinajstić information content (AvgIpc) is 3.26. The number of nitro benzene ring substituents is 1. The van der Waals surface area contributed by atoms with Gasteiger partial charge in [0.15, 0.2) is 5.75 Å². The SMILES string of the molecule is CC1(C(=O)NCC2(CN3CCCC3)CCOCC2)Oc2cc([N+](=O)[O-])ccc2NC1=O. The predicted octanol–water partition coefficient (Wildman–Crippen LogP) is 1.69. The van der Waals surface area contributed by atoms with E-state index in [0.717, 1.165) is 32.5 Å². The third-order valence-corrected chi connectivity index (χ3v) is 6.54. The summed E-state index contributed by atoms with van der Waals surface area (Å²) in [7, 11) is 0. The van der Waals surface area contributed by atoms with Crippen LogP contribution in [0.4, 0.5) is 11.4 Å². The zero-order valence-electron chi connectivity index (χ0n) is 17.6. The van der Waals surface area contributed by atoms with Crippen molar-refractivity contribution < 1.29 is 24.0 Å². The van der Waals surface area contributed by atoms with Crippen molar-refractivity contribution in [2.24, 2.45) is 5.41 Å². The van der Waals surface area contributed by atoms with E-state index in [1.165, 1.54) is 38.0 Å². The van der Waals surface area contributed by atoms with Gasteiger partial charge in [-0.15, -0.1) is 0 Å². The largest absolute Gasteiger partial charge is 0.465 e. The molecule has 3 aliphatic rings. The van der Waals surface area contributed by atoms with E-state index < -0.39 is 22.3 Å². The molecule has 1 unspecified atom stereocenters. The highest BCUT2D eigenvalue weighted by atomic mass is 16.6. The number of carbonyl (C=O) groups is 2. The van der Waals surface area contributed by atoms with Crippen LogP contribution in [0.15, 0.2) is 18.2 Å². The van der Waals surface area contributed by atoms with Crippen LogP contribution in [-0.2, 0) is 14.3 Å². The van der Waals surface area contributed by atoms with Crippen LogP contribution in [0.25, 0.3) is 0 Å². The Labute approximate surface area is 180 Å². The van der Waals surface area contributed by atoms with Gasteiger partial charge in [-0.1, -0.05) is 0 Å². The minimum absolute atomic E-state index is 0.101. The molecule has 0 radical (unpaired) electrons. The first-order valence-electron chi connectivity index (χ1n) is 10.7. The third-order valence-electron chi connectivity index (χ3n) is 6.54. The van der Waals surface area contributed by atoms with Crippen molar-refractivity contribution in [1.29, 1.82) is 0 Å². The molecule has 0 saturated carbocycles. The van der Waals surface area contributed by atoms with Crippen molar-refractivity contribution in [2.75, 3.05) is 44.7 Å². The first-order chi connectivity index (χ1) is 14.8. The van der Waals surface area contributed by atoms with Crippen molar-refractivity contribution in [3.63, 3.8) is 0 Å². The van der Waals surface area contributed by atoms with Gasteiger partial charge in [0.2, 0.25) is 0 Å². The van der Waals surface area contributed by atoms with Gasteiger partial charge in [0.05, 0.1) is 16.7 Å². The molecule has 4 rings (SSSR count). The number of nitro groups is 1. The van der Waals surface area contributed by atoms with E-state index in [4.69, 9.17) is 9.47 Å². The minimum atomic E-state index is -1.82. The van der Waals surface area contributed by atoms with E-state index in [-0.39, 0.29) is 16.9 Å². The average molecular weight is 432 g/mol. The highest BCUT2D eigenvalue weighted by molar-refractivity contribution is 6.15. The number of likely N-dealkylation sites (tertiary alicyclic amines) is 1. The summed E-state index contributed by atoms with van der Waals surface area (Å²) in [5, 5.41) is 16.6. The molecule has 10 heteroatoms. The van der Waals surface area contributed by atoms with Gasteiger partial charge < -0.3 is 25.0 Å². The molecule has 2 saturated heterocycles. The Bertz CT molecular complexity index is 879. The topological polar surface area (TPSA) is 123 Å². The smallest absolute Gasteiger partial charge is 0.278 e. The second kappa shape index (κ2) is 8.43. The number of nitrogens with zero attached hydrogens (tertiary/aromatic N) is 2. The van der Waals surface area contributed by atoms with Gasteiger partial charge in [-0.3, -0.25) is 19.7 Å². The van der Waals surface area contributed by atoms with Gasteiger partial charge in [-0.2, -0.15) is 0 Å². The Balaban J connectivity index is 1.48. The first kappa shape index (κ1) is 21.5. The molecule has 1 aromatic carbocycles. The number of ether oxygens (including phenoxy) is 2. The van der Waals surface area contributed by atoms with Crippen LogP contribution in [0.5, 0.6) is 5.75 Å². The summed E-state index contributed by atoms with van der Waals surface area (Å²) in [5.74, 6) is -1.06. The maximum Gasteiger partial charge on any atom is 0.278 e. The van der Waals surface area contributed by atoms with Crippen LogP contribution < -0.4 is 15.4 Å². The fourth-order valence-corrected chi connectivity index (χ4v) is 4.52. The van der Waals surface area contributed by atoms with Crippen molar-refractivity contribution in [3.05, 3.63) is 28.3 Å². The monoisotopic (exact) mass is 432 g/mol. The molecule has 0 aliphatic carbocycles. The third kappa shape index (κ3) is 4.35. The molecule has 2 amide bonds. The van der Waals surface area contributed by atoms with E-state index in [9.17, 15) is 19.7 Å². The van der Waals surface area contributed by atoms with Gasteiger partial charge in [0.1, 0.15) is 0 Å².